The van der Waals surface area contributed by atoms with Gasteiger partial charge in [0.25, 0.3) is 0 Å². The van der Waals surface area contributed by atoms with Crippen LogP contribution < -0.4 is 0 Å². The fourth-order valence-corrected chi connectivity index (χ4v) is 1.89. The molecule has 1 unspecified atom stereocenters. The number of nitrogens with zero attached hydrogens (tertiary/aromatic N) is 3. The van der Waals surface area contributed by atoms with E-state index in [4.69, 9.17) is 0 Å². The Hall–Kier alpha value is -1.46. The Morgan fingerprint density at radius 2 is 1.94 bits per heavy atom. The average molecular weight is 233 g/mol. The summed E-state index contributed by atoms with van der Waals surface area (Å²) in [5, 5.41) is 10.9. The van der Waals surface area contributed by atoms with Crippen molar-refractivity contribution in [3.63, 3.8) is 0 Å². The first kappa shape index (κ1) is 11.0. The molecule has 0 radical (unpaired) electrons. The lowest BCUT2D eigenvalue weighted by Crippen LogP contribution is -1.92. The van der Waals surface area contributed by atoms with Crippen LogP contribution in [0.1, 0.15) is 18.6 Å². The zero-order chi connectivity index (χ0) is 11.4. The molecule has 16 heavy (non-hydrogen) atoms. The molecule has 0 saturated heterocycles. The average Bonchev–Trinajstić information content (AvgIpc) is 2.30. The Labute approximate surface area is 97.8 Å². The third-order valence-corrected chi connectivity index (χ3v) is 2.81. The van der Waals surface area contributed by atoms with E-state index in [1.165, 1.54) is 11.8 Å². The number of hydrogen-bond donors (Lipinski definition) is 1. The fourth-order valence-electron chi connectivity index (χ4n) is 1.17. The molecule has 0 saturated carbocycles. The van der Waals surface area contributed by atoms with Gasteiger partial charge < -0.3 is 5.11 Å². The quantitative estimate of drug-likeness (QED) is 0.822. The molecule has 0 amide bonds. The second kappa shape index (κ2) is 5.05. The Balaban J connectivity index is 2.19. The van der Waals surface area contributed by atoms with Crippen LogP contribution in [0.25, 0.3) is 0 Å². The smallest absolute Gasteiger partial charge is 0.193 e. The lowest BCUT2D eigenvalue weighted by atomic mass is 10.2. The van der Waals surface area contributed by atoms with Crippen molar-refractivity contribution in [2.45, 2.75) is 23.2 Å². The van der Waals surface area contributed by atoms with E-state index in [1.54, 1.807) is 37.6 Å². The van der Waals surface area contributed by atoms with Crippen LogP contribution in [0.5, 0.6) is 0 Å². The van der Waals surface area contributed by atoms with Gasteiger partial charge in [0.2, 0.25) is 0 Å². The van der Waals surface area contributed by atoms with E-state index in [0.717, 1.165) is 10.6 Å². The topological polar surface area (TPSA) is 58.9 Å². The maximum atomic E-state index is 9.45. The van der Waals surface area contributed by atoms with Gasteiger partial charge in [0.15, 0.2) is 5.16 Å². The van der Waals surface area contributed by atoms with Gasteiger partial charge in [-0.15, -0.1) is 0 Å². The highest BCUT2D eigenvalue weighted by Gasteiger charge is 2.05. The molecule has 0 aliphatic carbocycles. The molecule has 0 spiro atoms. The molecule has 2 aromatic heterocycles. The molecule has 1 atom stereocenters. The van der Waals surface area contributed by atoms with Gasteiger partial charge in [-0.25, -0.2) is 15.0 Å². The van der Waals surface area contributed by atoms with Crippen molar-refractivity contribution in [3.05, 3.63) is 42.4 Å². The predicted octanol–water partition coefficient (Wildman–Crippen LogP) is 2.08. The van der Waals surface area contributed by atoms with E-state index in [-0.39, 0.29) is 0 Å². The summed E-state index contributed by atoms with van der Waals surface area (Å²) in [5.41, 5.74) is 0.841. The molecule has 1 N–H and O–H groups in total. The Morgan fingerprint density at radius 3 is 2.62 bits per heavy atom. The third-order valence-electron chi connectivity index (χ3n) is 1.98. The SMILES string of the molecule is CC(O)c1ccnc(Sc2ncccn2)c1. The molecule has 5 heteroatoms. The highest BCUT2D eigenvalue weighted by Crippen LogP contribution is 2.24. The van der Waals surface area contributed by atoms with Crippen molar-refractivity contribution in [1.29, 1.82) is 0 Å². The van der Waals surface area contributed by atoms with Crippen LogP contribution in [0.4, 0.5) is 0 Å². The maximum Gasteiger partial charge on any atom is 0.193 e. The van der Waals surface area contributed by atoms with Crippen LogP contribution in [-0.2, 0) is 0 Å². The summed E-state index contributed by atoms with van der Waals surface area (Å²) in [6, 6.07) is 5.40. The summed E-state index contributed by atoms with van der Waals surface area (Å²) in [6.45, 7) is 1.72. The lowest BCUT2D eigenvalue weighted by Gasteiger charge is -2.05. The van der Waals surface area contributed by atoms with Crippen molar-refractivity contribution >= 4 is 11.8 Å². The van der Waals surface area contributed by atoms with Crippen molar-refractivity contribution in [1.82, 2.24) is 15.0 Å². The van der Waals surface area contributed by atoms with Crippen LogP contribution >= 0.6 is 11.8 Å². The number of hydrogen-bond acceptors (Lipinski definition) is 5. The summed E-state index contributed by atoms with van der Waals surface area (Å²) in [4.78, 5) is 12.4. The second-order valence-corrected chi connectivity index (χ2v) is 4.22. The molecule has 4 nitrogen and oxygen atoms in total. The largest absolute Gasteiger partial charge is 0.389 e. The van der Waals surface area contributed by atoms with Crippen molar-refractivity contribution in [2.75, 3.05) is 0 Å². The van der Waals surface area contributed by atoms with Crippen LogP contribution in [0.15, 0.2) is 47.0 Å². The molecule has 0 aliphatic heterocycles. The van der Waals surface area contributed by atoms with Crippen molar-refractivity contribution in [2.24, 2.45) is 0 Å². The van der Waals surface area contributed by atoms with E-state index >= 15 is 0 Å². The number of pyridine rings is 1. The monoisotopic (exact) mass is 233 g/mol. The number of aliphatic hydroxyl groups excluding tert-OH is 1. The first-order valence-electron chi connectivity index (χ1n) is 4.84. The second-order valence-electron chi connectivity index (χ2n) is 3.24. The van der Waals surface area contributed by atoms with Crippen LogP contribution in [0.3, 0.4) is 0 Å². The minimum atomic E-state index is -0.487. The molecule has 0 aliphatic rings. The van der Waals surface area contributed by atoms with Gasteiger partial charge in [0.1, 0.15) is 5.03 Å². The van der Waals surface area contributed by atoms with Gasteiger partial charge in [0.05, 0.1) is 6.10 Å². The first-order valence-corrected chi connectivity index (χ1v) is 5.66. The summed E-state index contributed by atoms with van der Waals surface area (Å²) in [6.07, 6.45) is 4.56. The van der Waals surface area contributed by atoms with Crippen LogP contribution in [0, 0.1) is 0 Å². The first-order chi connectivity index (χ1) is 7.75. The normalized spacial score (nSPS) is 12.4. The molecule has 2 rings (SSSR count). The highest BCUT2D eigenvalue weighted by molar-refractivity contribution is 7.99. The number of aliphatic hydroxyl groups is 1. The zero-order valence-electron chi connectivity index (χ0n) is 8.74. The Morgan fingerprint density at radius 1 is 1.19 bits per heavy atom. The maximum absolute atomic E-state index is 9.45. The Kier molecular flexibility index (Phi) is 3.48. The third kappa shape index (κ3) is 2.77. The van der Waals surface area contributed by atoms with Gasteiger partial charge in [0, 0.05) is 18.6 Å². The predicted molar refractivity (Wildman–Crippen MR) is 61.0 cm³/mol. The van der Waals surface area contributed by atoms with E-state index in [0.29, 0.717) is 5.16 Å². The van der Waals surface area contributed by atoms with Gasteiger partial charge in [-0.3, -0.25) is 0 Å². The van der Waals surface area contributed by atoms with Crippen LogP contribution in [-0.4, -0.2) is 20.1 Å². The molecule has 2 heterocycles. The highest BCUT2D eigenvalue weighted by atomic mass is 32.2. The van der Waals surface area contributed by atoms with Gasteiger partial charge in [-0.2, -0.15) is 0 Å². The Bertz CT molecular complexity index is 462. The summed E-state index contributed by atoms with van der Waals surface area (Å²) in [7, 11) is 0. The number of rotatable bonds is 3. The van der Waals surface area contributed by atoms with E-state index in [9.17, 15) is 5.11 Å². The minimum absolute atomic E-state index is 0.487. The van der Waals surface area contributed by atoms with Crippen molar-refractivity contribution in [3.8, 4) is 0 Å². The van der Waals surface area contributed by atoms with Gasteiger partial charge in [-0.1, -0.05) is 0 Å². The standard InChI is InChI=1S/C11H11N3OS/c1-8(15)9-3-6-12-10(7-9)16-11-13-4-2-5-14-11/h2-8,15H,1H3. The number of aromatic nitrogens is 3. The van der Waals surface area contributed by atoms with E-state index < -0.39 is 6.10 Å². The summed E-state index contributed by atoms with van der Waals surface area (Å²) in [5.74, 6) is 0. The van der Waals surface area contributed by atoms with Gasteiger partial charge in [-0.05, 0) is 42.4 Å². The summed E-state index contributed by atoms with van der Waals surface area (Å²) < 4.78 is 0. The van der Waals surface area contributed by atoms with Gasteiger partial charge >= 0.3 is 0 Å². The summed E-state index contributed by atoms with van der Waals surface area (Å²) >= 11 is 1.37. The molecule has 0 fully saturated rings. The lowest BCUT2D eigenvalue weighted by molar-refractivity contribution is 0.199. The van der Waals surface area contributed by atoms with Crippen molar-refractivity contribution < 1.29 is 5.11 Å². The molecular weight excluding hydrogens is 222 g/mol. The molecule has 0 aromatic carbocycles. The van der Waals surface area contributed by atoms with E-state index in [1.807, 2.05) is 6.07 Å². The minimum Gasteiger partial charge on any atom is -0.389 e. The van der Waals surface area contributed by atoms with E-state index in [2.05, 4.69) is 15.0 Å². The molecule has 0 bridgehead atoms. The molecular formula is C11H11N3OS. The molecule has 2 aromatic rings. The van der Waals surface area contributed by atoms with Crippen LogP contribution in [0.2, 0.25) is 0 Å². The fraction of sp³-hybridized carbons (Fsp3) is 0.182. The molecule has 82 valence electrons. The zero-order valence-corrected chi connectivity index (χ0v) is 9.56.